The standard InChI is InChI=1S/C15H21FN2/c1-3-9-17(4-2)10-7-13-8-11-18-12-14(16)5-6-15(13)18/h5-6,8,11-12H,3-4,7,9-10H2,1-2H3. The van der Waals surface area contributed by atoms with Crippen molar-refractivity contribution in [1.82, 2.24) is 9.30 Å². The van der Waals surface area contributed by atoms with Crippen molar-refractivity contribution in [3.63, 3.8) is 0 Å². The number of likely N-dealkylation sites (N-methyl/N-ethyl adjacent to an activating group) is 1. The fourth-order valence-corrected chi connectivity index (χ4v) is 2.38. The van der Waals surface area contributed by atoms with Crippen LogP contribution in [0.3, 0.4) is 0 Å². The zero-order valence-electron chi connectivity index (χ0n) is 11.2. The molecule has 0 saturated heterocycles. The zero-order chi connectivity index (χ0) is 13.0. The minimum Gasteiger partial charge on any atom is -0.321 e. The van der Waals surface area contributed by atoms with Gasteiger partial charge >= 0.3 is 0 Å². The third-order valence-electron chi connectivity index (χ3n) is 3.39. The first kappa shape index (κ1) is 13.1. The Hall–Kier alpha value is -1.35. The lowest BCUT2D eigenvalue weighted by Crippen LogP contribution is -2.26. The fraction of sp³-hybridized carbons (Fsp3) is 0.467. The number of rotatable bonds is 6. The molecule has 0 spiro atoms. The maximum Gasteiger partial charge on any atom is 0.139 e. The summed E-state index contributed by atoms with van der Waals surface area (Å²) in [6, 6.07) is 5.48. The normalized spacial score (nSPS) is 11.6. The molecule has 0 radical (unpaired) electrons. The highest BCUT2D eigenvalue weighted by molar-refractivity contribution is 5.55. The van der Waals surface area contributed by atoms with Gasteiger partial charge in [0.1, 0.15) is 5.82 Å². The molecule has 3 heteroatoms. The summed E-state index contributed by atoms with van der Waals surface area (Å²) in [5, 5.41) is 0. The lowest BCUT2D eigenvalue weighted by atomic mass is 10.2. The van der Waals surface area contributed by atoms with Crippen molar-refractivity contribution in [2.75, 3.05) is 19.6 Å². The number of nitrogens with zero attached hydrogens (tertiary/aromatic N) is 2. The Morgan fingerprint density at radius 1 is 1.17 bits per heavy atom. The van der Waals surface area contributed by atoms with Gasteiger partial charge in [0.15, 0.2) is 0 Å². The first-order valence-corrected chi connectivity index (χ1v) is 6.72. The van der Waals surface area contributed by atoms with Gasteiger partial charge in [0.25, 0.3) is 0 Å². The number of fused-ring (bicyclic) bond motifs is 1. The first-order valence-electron chi connectivity index (χ1n) is 6.72. The van der Waals surface area contributed by atoms with Crippen LogP contribution in [0.25, 0.3) is 5.52 Å². The SMILES string of the molecule is CCCN(CC)CCc1ccn2cc(F)ccc12. The molecule has 0 fully saturated rings. The largest absolute Gasteiger partial charge is 0.321 e. The van der Waals surface area contributed by atoms with Crippen molar-refractivity contribution in [3.8, 4) is 0 Å². The third kappa shape index (κ3) is 2.91. The van der Waals surface area contributed by atoms with Crippen LogP contribution in [0.5, 0.6) is 0 Å². The molecule has 0 aliphatic carbocycles. The topological polar surface area (TPSA) is 7.65 Å². The molecule has 0 amide bonds. The second-order valence-electron chi connectivity index (χ2n) is 4.67. The Kier molecular flexibility index (Phi) is 4.37. The van der Waals surface area contributed by atoms with Gasteiger partial charge in [-0.3, -0.25) is 0 Å². The van der Waals surface area contributed by atoms with Crippen molar-refractivity contribution in [3.05, 3.63) is 42.0 Å². The lowest BCUT2D eigenvalue weighted by molar-refractivity contribution is 0.293. The van der Waals surface area contributed by atoms with Crippen LogP contribution in [-0.2, 0) is 6.42 Å². The van der Waals surface area contributed by atoms with E-state index in [-0.39, 0.29) is 5.82 Å². The summed E-state index contributed by atoms with van der Waals surface area (Å²) in [7, 11) is 0. The summed E-state index contributed by atoms with van der Waals surface area (Å²) >= 11 is 0. The molecule has 2 nitrogen and oxygen atoms in total. The lowest BCUT2D eigenvalue weighted by Gasteiger charge is -2.19. The molecule has 0 unspecified atom stereocenters. The minimum atomic E-state index is -0.189. The van der Waals surface area contributed by atoms with Crippen LogP contribution >= 0.6 is 0 Å². The summed E-state index contributed by atoms with van der Waals surface area (Å²) in [6.45, 7) is 7.72. The minimum absolute atomic E-state index is 0.189. The van der Waals surface area contributed by atoms with E-state index in [2.05, 4.69) is 24.8 Å². The van der Waals surface area contributed by atoms with Gasteiger partial charge in [-0.05, 0) is 49.7 Å². The van der Waals surface area contributed by atoms with E-state index in [1.807, 2.05) is 16.7 Å². The van der Waals surface area contributed by atoms with Crippen LogP contribution in [-0.4, -0.2) is 28.9 Å². The molecule has 18 heavy (non-hydrogen) atoms. The summed E-state index contributed by atoms with van der Waals surface area (Å²) in [5.41, 5.74) is 2.41. The fourth-order valence-electron chi connectivity index (χ4n) is 2.38. The molecule has 2 aromatic heterocycles. The van der Waals surface area contributed by atoms with Crippen LogP contribution in [0.2, 0.25) is 0 Å². The van der Waals surface area contributed by atoms with Crippen LogP contribution in [0.4, 0.5) is 4.39 Å². The molecular weight excluding hydrogens is 227 g/mol. The van der Waals surface area contributed by atoms with E-state index in [1.54, 1.807) is 0 Å². The molecule has 2 heterocycles. The van der Waals surface area contributed by atoms with E-state index in [4.69, 9.17) is 0 Å². The average molecular weight is 248 g/mol. The molecular formula is C15H21FN2. The monoisotopic (exact) mass is 248 g/mol. The molecule has 0 saturated carbocycles. The van der Waals surface area contributed by atoms with E-state index >= 15 is 0 Å². The third-order valence-corrected chi connectivity index (χ3v) is 3.39. The van der Waals surface area contributed by atoms with Gasteiger partial charge in [-0.25, -0.2) is 4.39 Å². The van der Waals surface area contributed by atoms with E-state index in [9.17, 15) is 4.39 Å². The molecule has 0 N–H and O–H groups in total. The van der Waals surface area contributed by atoms with Crippen molar-refractivity contribution < 1.29 is 4.39 Å². The summed E-state index contributed by atoms with van der Waals surface area (Å²) < 4.78 is 14.9. The van der Waals surface area contributed by atoms with Crippen LogP contribution < -0.4 is 0 Å². The van der Waals surface area contributed by atoms with Gasteiger partial charge in [0, 0.05) is 24.5 Å². The Bertz CT molecular complexity index is 504. The van der Waals surface area contributed by atoms with Crippen molar-refractivity contribution in [2.45, 2.75) is 26.7 Å². The molecule has 0 atom stereocenters. The van der Waals surface area contributed by atoms with Crippen molar-refractivity contribution >= 4 is 5.52 Å². The molecule has 0 bridgehead atoms. The summed E-state index contributed by atoms with van der Waals surface area (Å²) in [6.07, 6.45) is 5.68. The van der Waals surface area contributed by atoms with E-state index < -0.39 is 0 Å². The highest BCUT2D eigenvalue weighted by atomic mass is 19.1. The molecule has 0 aromatic carbocycles. The van der Waals surface area contributed by atoms with Gasteiger partial charge in [0.05, 0.1) is 0 Å². The van der Waals surface area contributed by atoms with Gasteiger partial charge in [-0.15, -0.1) is 0 Å². The van der Waals surface area contributed by atoms with Crippen LogP contribution in [0, 0.1) is 5.82 Å². The molecule has 0 aliphatic heterocycles. The van der Waals surface area contributed by atoms with Gasteiger partial charge in [-0.2, -0.15) is 0 Å². The van der Waals surface area contributed by atoms with E-state index in [0.717, 1.165) is 31.6 Å². The second kappa shape index (κ2) is 6.01. The highest BCUT2D eigenvalue weighted by Gasteiger charge is 2.06. The summed E-state index contributed by atoms with van der Waals surface area (Å²) in [5.74, 6) is -0.189. The van der Waals surface area contributed by atoms with Gasteiger partial charge < -0.3 is 9.30 Å². The smallest absolute Gasteiger partial charge is 0.139 e. The number of hydrogen-bond donors (Lipinski definition) is 0. The summed E-state index contributed by atoms with van der Waals surface area (Å²) in [4.78, 5) is 2.45. The predicted octanol–water partition coefficient (Wildman–Crippen LogP) is 3.35. The van der Waals surface area contributed by atoms with Crippen LogP contribution in [0.1, 0.15) is 25.8 Å². The maximum absolute atomic E-state index is 13.1. The zero-order valence-corrected chi connectivity index (χ0v) is 11.2. The molecule has 98 valence electrons. The Morgan fingerprint density at radius 3 is 2.72 bits per heavy atom. The first-order chi connectivity index (χ1) is 8.74. The number of pyridine rings is 1. The maximum atomic E-state index is 13.1. The van der Waals surface area contributed by atoms with E-state index in [0.29, 0.717) is 0 Å². The number of aromatic nitrogens is 1. The number of halogens is 1. The number of hydrogen-bond acceptors (Lipinski definition) is 1. The highest BCUT2D eigenvalue weighted by Crippen LogP contribution is 2.14. The van der Waals surface area contributed by atoms with Crippen molar-refractivity contribution in [2.24, 2.45) is 0 Å². The molecule has 2 aromatic rings. The Labute approximate surface area is 108 Å². The Balaban J connectivity index is 2.07. The second-order valence-corrected chi connectivity index (χ2v) is 4.67. The van der Waals surface area contributed by atoms with Crippen LogP contribution in [0.15, 0.2) is 30.6 Å². The predicted molar refractivity (Wildman–Crippen MR) is 73.5 cm³/mol. The molecule has 2 rings (SSSR count). The average Bonchev–Trinajstić information content (AvgIpc) is 2.76. The quantitative estimate of drug-likeness (QED) is 0.760. The van der Waals surface area contributed by atoms with E-state index in [1.165, 1.54) is 24.2 Å². The Morgan fingerprint density at radius 2 is 2.00 bits per heavy atom. The van der Waals surface area contributed by atoms with Gasteiger partial charge in [-0.1, -0.05) is 13.8 Å². The van der Waals surface area contributed by atoms with Gasteiger partial charge in [0.2, 0.25) is 0 Å². The molecule has 0 aliphatic rings. The van der Waals surface area contributed by atoms with Crippen molar-refractivity contribution in [1.29, 1.82) is 0 Å².